The molecular weight excluding hydrogens is 336 g/mol. The number of aromatic carboxylic acids is 1. The fourth-order valence-corrected chi connectivity index (χ4v) is 2.37. The summed E-state index contributed by atoms with van der Waals surface area (Å²) < 4.78 is 6.52. The fraction of sp³-hybridized carbons (Fsp3) is 0.0667. The number of halogens is 1. The van der Waals surface area contributed by atoms with Crippen LogP contribution in [-0.2, 0) is 6.54 Å². The number of carboxylic acids is 1. The molecule has 2 aromatic carbocycles. The maximum Gasteiger partial charge on any atom is 0.335 e. The first-order valence-electron chi connectivity index (χ1n) is 6.24. The van der Waals surface area contributed by atoms with Crippen molar-refractivity contribution in [3.63, 3.8) is 0 Å². The SMILES string of the molecule is O=C(O)c1ccc2nc(NCc3ccccc3Br)oc2c1. The molecule has 3 aromatic rings. The Morgan fingerprint density at radius 1 is 1.29 bits per heavy atom. The lowest BCUT2D eigenvalue weighted by Crippen LogP contribution is -1.99. The van der Waals surface area contributed by atoms with E-state index in [1.54, 1.807) is 6.07 Å². The second-order valence-corrected chi connectivity index (χ2v) is 5.31. The molecule has 0 fully saturated rings. The van der Waals surface area contributed by atoms with E-state index in [0.29, 0.717) is 23.7 Å². The number of carbonyl (C=O) groups is 1. The number of carboxylic acid groups (broad SMARTS) is 1. The van der Waals surface area contributed by atoms with Crippen LogP contribution in [0.1, 0.15) is 15.9 Å². The standard InChI is InChI=1S/C15H11BrN2O3/c16-11-4-2-1-3-10(11)8-17-15-18-12-6-5-9(14(19)20)7-13(12)21-15/h1-7H,8H2,(H,17,18)(H,19,20). The van der Waals surface area contributed by atoms with E-state index < -0.39 is 5.97 Å². The summed E-state index contributed by atoms with van der Waals surface area (Å²) in [6.45, 7) is 0.556. The Kier molecular flexibility index (Phi) is 3.62. The van der Waals surface area contributed by atoms with Gasteiger partial charge in [0.1, 0.15) is 5.52 Å². The number of fused-ring (bicyclic) bond motifs is 1. The van der Waals surface area contributed by atoms with Crippen LogP contribution in [0.4, 0.5) is 6.01 Å². The zero-order chi connectivity index (χ0) is 14.8. The number of hydrogen-bond acceptors (Lipinski definition) is 4. The predicted octanol–water partition coefficient (Wildman–Crippen LogP) is 3.90. The van der Waals surface area contributed by atoms with Crippen LogP contribution < -0.4 is 5.32 Å². The number of benzene rings is 2. The molecule has 2 N–H and O–H groups in total. The monoisotopic (exact) mass is 346 g/mol. The van der Waals surface area contributed by atoms with Gasteiger partial charge in [-0.1, -0.05) is 34.1 Å². The Morgan fingerprint density at radius 2 is 2.10 bits per heavy atom. The zero-order valence-electron chi connectivity index (χ0n) is 10.8. The van der Waals surface area contributed by atoms with Crippen molar-refractivity contribution < 1.29 is 14.3 Å². The summed E-state index contributed by atoms with van der Waals surface area (Å²) in [5.41, 5.74) is 2.32. The van der Waals surface area contributed by atoms with Gasteiger partial charge in [0.05, 0.1) is 5.56 Å². The van der Waals surface area contributed by atoms with Gasteiger partial charge in [-0.3, -0.25) is 0 Å². The highest BCUT2D eigenvalue weighted by Crippen LogP contribution is 2.22. The molecular formula is C15H11BrN2O3. The summed E-state index contributed by atoms with van der Waals surface area (Å²) >= 11 is 3.47. The van der Waals surface area contributed by atoms with Gasteiger partial charge in [-0.05, 0) is 29.8 Å². The number of aromatic nitrogens is 1. The maximum atomic E-state index is 10.9. The molecule has 0 aliphatic rings. The van der Waals surface area contributed by atoms with Gasteiger partial charge in [-0.2, -0.15) is 4.98 Å². The molecule has 0 bridgehead atoms. The van der Waals surface area contributed by atoms with Crippen LogP contribution in [0.5, 0.6) is 0 Å². The summed E-state index contributed by atoms with van der Waals surface area (Å²) in [5.74, 6) is -0.990. The zero-order valence-corrected chi connectivity index (χ0v) is 12.4. The molecule has 0 atom stereocenters. The first-order chi connectivity index (χ1) is 10.1. The van der Waals surface area contributed by atoms with Gasteiger partial charge in [-0.25, -0.2) is 4.79 Å². The van der Waals surface area contributed by atoms with Gasteiger partial charge in [0.25, 0.3) is 6.01 Å². The van der Waals surface area contributed by atoms with Crippen LogP contribution >= 0.6 is 15.9 Å². The summed E-state index contributed by atoms with van der Waals surface area (Å²) in [6.07, 6.45) is 0. The lowest BCUT2D eigenvalue weighted by Gasteiger charge is -2.03. The summed E-state index contributed by atoms with van der Waals surface area (Å²) in [7, 11) is 0. The van der Waals surface area contributed by atoms with Crippen molar-refractivity contribution in [2.75, 3.05) is 5.32 Å². The highest BCUT2D eigenvalue weighted by Gasteiger charge is 2.09. The van der Waals surface area contributed by atoms with Crippen molar-refractivity contribution >= 4 is 39.0 Å². The molecule has 0 spiro atoms. The largest absolute Gasteiger partial charge is 0.478 e. The van der Waals surface area contributed by atoms with Crippen molar-refractivity contribution in [1.29, 1.82) is 0 Å². The van der Waals surface area contributed by atoms with Crippen LogP contribution in [0.2, 0.25) is 0 Å². The van der Waals surface area contributed by atoms with E-state index in [0.717, 1.165) is 10.0 Å². The predicted molar refractivity (Wildman–Crippen MR) is 82.4 cm³/mol. The summed E-state index contributed by atoms with van der Waals surface area (Å²) in [5, 5.41) is 12.0. The van der Waals surface area contributed by atoms with Gasteiger partial charge < -0.3 is 14.8 Å². The van der Waals surface area contributed by atoms with E-state index in [4.69, 9.17) is 9.52 Å². The van der Waals surface area contributed by atoms with Gasteiger partial charge >= 0.3 is 5.97 Å². The third-order valence-electron chi connectivity index (χ3n) is 3.02. The molecule has 106 valence electrons. The highest BCUT2D eigenvalue weighted by molar-refractivity contribution is 9.10. The van der Waals surface area contributed by atoms with Crippen molar-refractivity contribution in [1.82, 2.24) is 4.98 Å². The first kappa shape index (κ1) is 13.6. The molecule has 0 aliphatic carbocycles. The third kappa shape index (κ3) is 2.90. The second-order valence-electron chi connectivity index (χ2n) is 4.45. The number of oxazole rings is 1. The topological polar surface area (TPSA) is 75.4 Å². The molecule has 0 amide bonds. The molecule has 0 saturated heterocycles. The molecule has 6 heteroatoms. The Balaban J connectivity index is 1.82. The molecule has 3 rings (SSSR count). The quantitative estimate of drug-likeness (QED) is 0.749. The van der Waals surface area contributed by atoms with E-state index in [1.807, 2.05) is 24.3 Å². The lowest BCUT2D eigenvalue weighted by atomic mass is 10.2. The molecule has 0 radical (unpaired) electrons. The molecule has 1 aromatic heterocycles. The van der Waals surface area contributed by atoms with E-state index in [9.17, 15) is 4.79 Å². The smallest absolute Gasteiger partial charge is 0.335 e. The van der Waals surface area contributed by atoms with Crippen LogP contribution in [0, 0.1) is 0 Å². The van der Waals surface area contributed by atoms with Crippen molar-refractivity contribution in [2.24, 2.45) is 0 Å². The Hall–Kier alpha value is -2.34. The van der Waals surface area contributed by atoms with Gasteiger partial charge in [0.15, 0.2) is 5.58 Å². The Labute approximate surface area is 128 Å². The lowest BCUT2D eigenvalue weighted by molar-refractivity contribution is 0.0697. The average molecular weight is 347 g/mol. The van der Waals surface area contributed by atoms with Crippen LogP contribution in [0.25, 0.3) is 11.1 Å². The third-order valence-corrected chi connectivity index (χ3v) is 3.80. The summed E-state index contributed by atoms with van der Waals surface area (Å²) in [6, 6.07) is 12.8. The second kappa shape index (κ2) is 5.57. The van der Waals surface area contributed by atoms with Crippen molar-refractivity contribution in [3.8, 4) is 0 Å². The molecule has 0 aliphatic heterocycles. The first-order valence-corrected chi connectivity index (χ1v) is 7.04. The Morgan fingerprint density at radius 3 is 2.86 bits per heavy atom. The minimum Gasteiger partial charge on any atom is -0.478 e. The maximum absolute atomic E-state index is 10.9. The number of hydrogen-bond donors (Lipinski definition) is 2. The molecule has 5 nitrogen and oxygen atoms in total. The number of anilines is 1. The average Bonchev–Trinajstić information content (AvgIpc) is 2.88. The van der Waals surface area contributed by atoms with Gasteiger partial charge in [-0.15, -0.1) is 0 Å². The molecule has 1 heterocycles. The normalized spacial score (nSPS) is 10.7. The minimum atomic E-state index is -0.990. The fourth-order valence-electron chi connectivity index (χ4n) is 1.95. The van der Waals surface area contributed by atoms with Crippen molar-refractivity contribution in [3.05, 3.63) is 58.1 Å². The molecule has 21 heavy (non-hydrogen) atoms. The van der Waals surface area contributed by atoms with Crippen LogP contribution in [0.3, 0.4) is 0 Å². The summed E-state index contributed by atoms with van der Waals surface area (Å²) in [4.78, 5) is 15.2. The molecule has 0 saturated carbocycles. The van der Waals surface area contributed by atoms with Crippen molar-refractivity contribution in [2.45, 2.75) is 6.54 Å². The number of nitrogens with zero attached hydrogens (tertiary/aromatic N) is 1. The van der Waals surface area contributed by atoms with E-state index in [2.05, 4.69) is 26.2 Å². The van der Waals surface area contributed by atoms with E-state index in [1.165, 1.54) is 12.1 Å². The van der Waals surface area contributed by atoms with Gasteiger partial charge in [0, 0.05) is 11.0 Å². The van der Waals surface area contributed by atoms with Gasteiger partial charge in [0.2, 0.25) is 0 Å². The number of nitrogens with one attached hydrogen (secondary N) is 1. The van der Waals surface area contributed by atoms with Crippen LogP contribution in [-0.4, -0.2) is 16.1 Å². The molecule has 0 unspecified atom stereocenters. The Bertz CT molecular complexity index is 814. The van der Waals surface area contributed by atoms with E-state index >= 15 is 0 Å². The number of rotatable bonds is 4. The van der Waals surface area contributed by atoms with E-state index in [-0.39, 0.29) is 5.56 Å². The van der Waals surface area contributed by atoms with Crippen LogP contribution in [0.15, 0.2) is 51.4 Å². The minimum absolute atomic E-state index is 0.177. The highest BCUT2D eigenvalue weighted by atomic mass is 79.9.